The van der Waals surface area contributed by atoms with E-state index in [1.165, 1.54) is 4.90 Å². The molecule has 6 rings (SSSR count). The third kappa shape index (κ3) is 6.83. The number of nitrogens with zero attached hydrogens (tertiary/aromatic N) is 3. The molecule has 3 amide bonds. The molecule has 11 heteroatoms. The first-order valence-corrected chi connectivity index (χ1v) is 14.9. The molecule has 226 valence electrons. The van der Waals surface area contributed by atoms with Gasteiger partial charge in [-0.1, -0.05) is 6.07 Å². The van der Waals surface area contributed by atoms with Gasteiger partial charge in [0.05, 0.1) is 11.8 Å². The number of benzene rings is 1. The summed E-state index contributed by atoms with van der Waals surface area (Å²) in [4.78, 5) is 46.2. The predicted molar refractivity (Wildman–Crippen MR) is 157 cm³/mol. The molecule has 42 heavy (non-hydrogen) atoms. The van der Waals surface area contributed by atoms with E-state index in [-0.39, 0.29) is 35.4 Å². The Morgan fingerprint density at radius 1 is 1.00 bits per heavy atom. The summed E-state index contributed by atoms with van der Waals surface area (Å²) in [5, 5.41) is 19.0. The maximum absolute atomic E-state index is 14.2. The fourth-order valence-electron chi connectivity index (χ4n) is 6.70. The van der Waals surface area contributed by atoms with Crippen LogP contribution >= 0.6 is 0 Å². The van der Waals surface area contributed by atoms with Crippen molar-refractivity contribution < 1.29 is 23.9 Å². The highest BCUT2D eigenvalue weighted by atomic mass is 19.1. The molecule has 4 fully saturated rings. The van der Waals surface area contributed by atoms with Crippen molar-refractivity contribution >= 4 is 29.4 Å². The normalized spacial score (nSPS) is 25.4. The number of nitrogens with one attached hydrogen (secondary N) is 3. The number of aromatic nitrogens is 1. The second kappa shape index (κ2) is 12.2. The maximum Gasteiger partial charge on any atom is 0.407 e. The second-order valence-corrected chi connectivity index (χ2v) is 12.8. The second-order valence-electron chi connectivity index (χ2n) is 12.8. The van der Waals surface area contributed by atoms with Gasteiger partial charge in [-0.3, -0.25) is 9.59 Å². The quantitative estimate of drug-likeness (QED) is 0.377. The van der Waals surface area contributed by atoms with E-state index < -0.39 is 23.4 Å². The number of anilines is 2. The van der Waals surface area contributed by atoms with Crippen LogP contribution in [0.2, 0.25) is 0 Å². The van der Waals surface area contributed by atoms with Crippen LogP contribution in [0.5, 0.6) is 0 Å². The molecule has 2 aromatic rings. The van der Waals surface area contributed by atoms with E-state index in [0.717, 1.165) is 44.7 Å². The standard InChI is InChI=1S/C31H41FN6O4/c1-31(2,3)38(30(41)42)24-9-7-22(8-10-24)35-29(40)25-16-21(32)17-33-27(25)34-23-6-4-5-20(15-23)28(39)36-26-18-37-13-11-19(26)12-14-37/h4-6,15-17,19,22,24,26H,7-14,18H2,1-3H3,(H,33,34)(H,35,40)(H,36,39)(H,41,42)/t22?,24?,26-/m0/s1. The van der Waals surface area contributed by atoms with Gasteiger partial charge in [0.2, 0.25) is 0 Å². The molecule has 0 unspecified atom stereocenters. The fraction of sp³-hybridized carbons (Fsp3) is 0.548. The highest BCUT2D eigenvalue weighted by Gasteiger charge is 2.37. The summed E-state index contributed by atoms with van der Waals surface area (Å²) in [5.74, 6) is -0.555. The van der Waals surface area contributed by atoms with Crippen molar-refractivity contribution in [3.63, 3.8) is 0 Å². The van der Waals surface area contributed by atoms with E-state index in [2.05, 4.69) is 25.8 Å². The molecular formula is C31H41FN6O4. The van der Waals surface area contributed by atoms with Crippen LogP contribution < -0.4 is 16.0 Å². The Morgan fingerprint density at radius 2 is 1.71 bits per heavy atom. The van der Waals surface area contributed by atoms with Crippen LogP contribution in [0.15, 0.2) is 36.5 Å². The summed E-state index contributed by atoms with van der Waals surface area (Å²) in [7, 11) is 0. The third-order valence-corrected chi connectivity index (χ3v) is 8.78. The summed E-state index contributed by atoms with van der Waals surface area (Å²) >= 11 is 0. The van der Waals surface area contributed by atoms with Gasteiger partial charge in [-0.25, -0.2) is 14.2 Å². The zero-order chi connectivity index (χ0) is 30.0. The van der Waals surface area contributed by atoms with Gasteiger partial charge >= 0.3 is 6.09 Å². The first-order chi connectivity index (χ1) is 20.0. The summed E-state index contributed by atoms with van der Waals surface area (Å²) in [6.07, 6.45) is 4.76. The number of piperidine rings is 3. The minimum absolute atomic E-state index is 0.0566. The highest BCUT2D eigenvalue weighted by molar-refractivity contribution is 6.00. The number of hydrogen-bond donors (Lipinski definition) is 4. The number of carboxylic acid groups (broad SMARTS) is 1. The molecule has 1 aliphatic carbocycles. The van der Waals surface area contributed by atoms with Gasteiger partial charge in [0.15, 0.2) is 0 Å². The van der Waals surface area contributed by atoms with Crippen LogP contribution in [0.3, 0.4) is 0 Å². The van der Waals surface area contributed by atoms with Crippen molar-refractivity contribution in [2.24, 2.45) is 5.92 Å². The first-order valence-electron chi connectivity index (χ1n) is 14.9. The maximum atomic E-state index is 14.2. The topological polar surface area (TPSA) is 127 Å². The lowest BCUT2D eigenvalue weighted by atomic mass is 9.84. The molecule has 1 aromatic heterocycles. The summed E-state index contributed by atoms with van der Waals surface area (Å²) < 4.78 is 14.2. The Hall–Kier alpha value is -3.73. The lowest BCUT2D eigenvalue weighted by Crippen LogP contribution is -2.57. The molecule has 1 atom stereocenters. The molecule has 0 radical (unpaired) electrons. The van der Waals surface area contributed by atoms with Gasteiger partial charge in [0.1, 0.15) is 11.6 Å². The van der Waals surface area contributed by atoms with Crippen molar-refractivity contribution in [3.05, 3.63) is 53.5 Å². The molecular weight excluding hydrogens is 539 g/mol. The molecule has 0 spiro atoms. The average molecular weight is 581 g/mol. The minimum Gasteiger partial charge on any atom is -0.465 e. The highest BCUT2D eigenvalue weighted by Crippen LogP contribution is 2.30. The number of pyridine rings is 1. The van der Waals surface area contributed by atoms with E-state index >= 15 is 0 Å². The van der Waals surface area contributed by atoms with Gasteiger partial charge in [0, 0.05) is 41.5 Å². The molecule has 4 aliphatic rings. The van der Waals surface area contributed by atoms with Crippen LogP contribution in [0, 0.1) is 11.7 Å². The van der Waals surface area contributed by atoms with Crippen LogP contribution in [-0.4, -0.2) is 81.1 Å². The zero-order valence-electron chi connectivity index (χ0n) is 24.5. The Balaban J connectivity index is 1.22. The molecule has 3 saturated heterocycles. The zero-order valence-corrected chi connectivity index (χ0v) is 24.5. The van der Waals surface area contributed by atoms with Gasteiger partial charge in [-0.15, -0.1) is 0 Å². The van der Waals surface area contributed by atoms with Gasteiger partial charge in [-0.2, -0.15) is 0 Å². The first kappa shape index (κ1) is 29.8. The van der Waals surface area contributed by atoms with Gasteiger partial charge in [-0.05, 0) is 103 Å². The number of carbonyl (C=O) groups excluding carboxylic acids is 2. The lowest BCUT2D eigenvalue weighted by molar-refractivity contribution is 0.0519. The van der Waals surface area contributed by atoms with Crippen LogP contribution in [0.4, 0.5) is 20.7 Å². The summed E-state index contributed by atoms with van der Waals surface area (Å²) in [6, 6.07) is 7.96. The van der Waals surface area contributed by atoms with Crippen molar-refractivity contribution in [2.45, 2.75) is 83.0 Å². The summed E-state index contributed by atoms with van der Waals surface area (Å²) in [6.45, 7) is 8.70. The Kier molecular flexibility index (Phi) is 8.68. The Morgan fingerprint density at radius 3 is 2.33 bits per heavy atom. The van der Waals surface area contributed by atoms with Crippen LogP contribution in [0.1, 0.15) is 80.0 Å². The third-order valence-electron chi connectivity index (χ3n) is 8.78. The van der Waals surface area contributed by atoms with Crippen LogP contribution in [0.25, 0.3) is 0 Å². The molecule has 4 heterocycles. The Bertz CT molecular complexity index is 1310. The fourth-order valence-corrected chi connectivity index (χ4v) is 6.70. The van der Waals surface area contributed by atoms with Crippen molar-refractivity contribution in [1.82, 2.24) is 25.4 Å². The van der Waals surface area contributed by atoms with Crippen molar-refractivity contribution in [2.75, 3.05) is 25.0 Å². The SMILES string of the molecule is CC(C)(C)N(C(=O)O)C1CCC(NC(=O)c2cc(F)cnc2Nc2cccc(C(=O)N[C@H]3CN4CCC3CC4)c2)CC1. The molecule has 3 aliphatic heterocycles. The lowest BCUT2D eigenvalue weighted by Gasteiger charge is -2.44. The molecule has 10 nitrogen and oxygen atoms in total. The van der Waals surface area contributed by atoms with E-state index in [9.17, 15) is 23.9 Å². The average Bonchev–Trinajstić information content (AvgIpc) is 2.95. The molecule has 2 bridgehead atoms. The molecule has 1 saturated carbocycles. The molecule has 4 N–H and O–H groups in total. The molecule has 1 aromatic carbocycles. The van der Waals surface area contributed by atoms with Gasteiger partial charge < -0.3 is 30.9 Å². The smallest absolute Gasteiger partial charge is 0.407 e. The van der Waals surface area contributed by atoms with E-state index in [1.54, 1.807) is 24.3 Å². The van der Waals surface area contributed by atoms with E-state index in [1.807, 2.05) is 20.8 Å². The number of rotatable bonds is 7. The monoisotopic (exact) mass is 580 g/mol. The van der Waals surface area contributed by atoms with Gasteiger partial charge in [0.25, 0.3) is 11.8 Å². The predicted octanol–water partition coefficient (Wildman–Crippen LogP) is 4.61. The van der Waals surface area contributed by atoms with E-state index in [4.69, 9.17) is 0 Å². The Labute approximate surface area is 246 Å². The number of amides is 3. The van der Waals surface area contributed by atoms with Crippen molar-refractivity contribution in [3.8, 4) is 0 Å². The summed E-state index contributed by atoms with van der Waals surface area (Å²) in [5.41, 5.74) is 0.584. The van der Waals surface area contributed by atoms with E-state index in [0.29, 0.717) is 42.9 Å². The number of carbonyl (C=O) groups is 3. The van der Waals surface area contributed by atoms with Crippen LogP contribution in [-0.2, 0) is 0 Å². The largest absolute Gasteiger partial charge is 0.465 e. The van der Waals surface area contributed by atoms with Crippen molar-refractivity contribution in [1.29, 1.82) is 0 Å². The number of halogens is 1. The minimum atomic E-state index is -0.947. The number of hydrogen-bond acceptors (Lipinski definition) is 6. The number of fused-ring (bicyclic) bond motifs is 3.